The number of carbonyl (C=O) groups is 2. The topological polar surface area (TPSA) is 309 Å². The number of halogens is 9. The molecular formula is C86H87Cl3F6N8O12S3. The summed E-state index contributed by atoms with van der Waals surface area (Å²) >= 11 is 19.6. The van der Waals surface area contributed by atoms with E-state index in [0.29, 0.717) is 137 Å². The van der Waals surface area contributed by atoms with E-state index in [2.05, 4.69) is 34.7 Å². The standard InChI is InChI=1S/C29H28ClF2N3O4S.C27H26ClF2N3O3S.C27H23ClF2N2O4S.C2H6.CH4O/c1-17(36)33-13-12-21(19-8-10-20(11-9-19)40(37,38)16-18-6-7-18)28-34-25-14-23(24(30)15-26(25)35-28)22-4-2-3-5-27(22)39-29(31)32;28-22-14-24-23(13-21(22)20-3-1-2-4-25(20)36-27(29)30)32-26(33-24)19(11-12-31)17-7-9-18(10-8-17)37(34,35)15-16-5-6-16;28-22-14-24-23(13-21(22)20-3-1-2-4-25(20)36-27(29)30)31-26(32-24)19(11-12-33)17-7-9-18(10-8-17)37(34,35)15-16-5-6-16;2*1-2/h2-5,8-11,14-15,18,21,29H,6-7,12-13,16H2,1H3,(H,33,36)(H,34,35);1-4,7-10,13-14,16,19,27H,5-6,11-12,15,31H2,(H,32,33);1-4,7-10,12-14,16,19,27H,5-6,11,15H2,(H,31,32);1-2H3;2H,1H3/t21-;2*19-;;/m111../s1/i;;;1D;. The highest BCUT2D eigenvalue weighted by molar-refractivity contribution is 7.92. The molecule has 1 amide bonds. The van der Waals surface area contributed by atoms with Crippen molar-refractivity contribution in [2.75, 3.05) is 37.5 Å². The second-order valence-corrected chi connectivity index (χ2v) is 35.7. The van der Waals surface area contributed by atoms with Crippen LogP contribution in [0.1, 0.15) is 132 Å². The number of aldehydes is 1. The fourth-order valence-corrected chi connectivity index (χ4v) is 19.6. The van der Waals surface area contributed by atoms with Crippen molar-refractivity contribution in [3.63, 3.8) is 0 Å². The lowest BCUT2D eigenvalue weighted by Gasteiger charge is -2.16. The molecule has 0 radical (unpaired) electrons. The Morgan fingerprint density at radius 3 is 1.06 bits per heavy atom. The van der Waals surface area contributed by atoms with Gasteiger partial charge in [-0.2, -0.15) is 26.3 Å². The minimum Gasteiger partial charge on any atom is -0.434 e. The number of imidazole rings is 3. The van der Waals surface area contributed by atoms with Crippen LogP contribution < -0.4 is 25.3 Å². The number of fused-ring (bicyclic) bond motifs is 3. The number of rotatable bonds is 31. The lowest BCUT2D eigenvalue weighted by Crippen LogP contribution is -2.23. The summed E-state index contributed by atoms with van der Waals surface area (Å²) in [5.74, 6) is 1.94. The van der Waals surface area contributed by atoms with Gasteiger partial charge in [0.1, 0.15) is 41.0 Å². The zero-order valence-corrected chi connectivity index (χ0v) is 68.9. The van der Waals surface area contributed by atoms with Gasteiger partial charge in [-0.25, -0.2) is 40.2 Å². The second kappa shape index (κ2) is 39.8. The zero-order chi connectivity index (χ0) is 85.5. The molecule has 15 rings (SSSR count). The van der Waals surface area contributed by atoms with E-state index in [1.807, 2.05) is 12.1 Å². The number of alkyl halides is 6. The number of aliphatic hydroxyl groups excluding tert-OH is 1. The second-order valence-electron chi connectivity index (χ2n) is 28.3. The first-order chi connectivity index (χ1) is 57.0. The van der Waals surface area contributed by atoms with Gasteiger partial charge in [0.25, 0.3) is 0 Å². The normalized spacial score (nSPS) is 14.4. The zero-order valence-electron chi connectivity index (χ0n) is 65.2. The first kappa shape index (κ1) is 87.5. The molecule has 0 saturated heterocycles. The molecule has 3 saturated carbocycles. The van der Waals surface area contributed by atoms with E-state index in [0.717, 1.165) is 68.6 Å². The van der Waals surface area contributed by atoms with Gasteiger partial charge < -0.3 is 50.1 Å². The lowest BCUT2D eigenvalue weighted by atomic mass is 9.95. The summed E-state index contributed by atoms with van der Waals surface area (Å²) < 4.78 is 174. The average molecular weight is 1740 g/mol. The predicted octanol–water partition coefficient (Wildman–Crippen LogP) is 19.5. The van der Waals surface area contributed by atoms with Crippen LogP contribution in [-0.2, 0) is 39.1 Å². The summed E-state index contributed by atoms with van der Waals surface area (Å²) in [4.78, 5) is 47.9. The number of hydrogen-bond donors (Lipinski definition) is 6. The van der Waals surface area contributed by atoms with Gasteiger partial charge in [0.05, 0.1) is 80.1 Å². The third-order valence-electron chi connectivity index (χ3n) is 19.9. The van der Waals surface area contributed by atoms with Crippen molar-refractivity contribution in [1.29, 1.82) is 0 Å². The van der Waals surface area contributed by atoms with E-state index in [1.165, 1.54) is 25.1 Å². The molecule has 9 aromatic carbocycles. The summed E-state index contributed by atoms with van der Waals surface area (Å²) in [7, 11) is -9.01. The molecule has 118 heavy (non-hydrogen) atoms. The number of aliphatic hydroxyl groups is 1. The molecule has 3 aromatic heterocycles. The Kier molecular flexibility index (Phi) is 29.5. The average Bonchev–Trinajstić information content (AvgIpc) is 1.61. The molecule has 12 aromatic rings. The Morgan fingerprint density at radius 1 is 0.492 bits per heavy atom. The number of aromatic amines is 3. The van der Waals surface area contributed by atoms with E-state index in [9.17, 15) is 61.2 Å². The Balaban J connectivity index is 0.000000170. The maximum atomic E-state index is 13.0. The molecule has 0 aliphatic heterocycles. The first-order valence-electron chi connectivity index (χ1n) is 38.5. The maximum absolute atomic E-state index is 13.0. The SMILES string of the molecule is CC(=O)NCC[C@H](c1ccc(S(=O)(=O)CC2CC2)cc1)c1nc2cc(-c3ccccc3OC(F)F)c(Cl)cc2[nH]1.CO.NCC[C@H](c1ccc(S(=O)(=O)CC2CC2)cc1)c1nc2cc(-c3ccccc3OC(F)F)c(Cl)cc2[nH]1.O=CC[C@H](c1ccc(S(=O)(=O)CC2CC2)cc1)c1nc2cc(-c3ccccc3OC(F)F)c(Cl)cc2[nH]1.[2H]CC. The number of benzene rings is 9. The molecular weight excluding hydrogens is 1650 g/mol. The number of hydrogen-bond acceptors (Lipinski definition) is 16. The highest BCUT2D eigenvalue weighted by atomic mass is 35.5. The molecule has 3 aliphatic rings. The number of nitrogens with two attached hydrogens (primary N) is 1. The quantitative estimate of drug-likeness (QED) is 0.0174. The summed E-state index contributed by atoms with van der Waals surface area (Å²) in [6.07, 6.45) is 7.72. The van der Waals surface area contributed by atoms with E-state index in [1.54, 1.807) is 159 Å². The maximum Gasteiger partial charge on any atom is 0.387 e. The van der Waals surface area contributed by atoms with Crippen LogP contribution in [0.15, 0.2) is 197 Å². The Labute approximate surface area is 695 Å². The number of sulfone groups is 3. The molecule has 7 N–H and O–H groups in total. The van der Waals surface area contributed by atoms with Crippen molar-refractivity contribution in [2.45, 2.75) is 131 Å². The van der Waals surface area contributed by atoms with Crippen LogP contribution in [0.5, 0.6) is 17.2 Å². The van der Waals surface area contributed by atoms with Gasteiger partial charge in [0.2, 0.25) is 5.91 Å². The van der Waals surface area contributed by atoms with Crippen LogP contribution in [0.4, 0.5) is 26.3 Å². The monoisotopic (exact) mass is 1740 g/mol. The number of aromatic nitrogens is 6. The summed E-state index contributed by atoms with van der Waals surface area (Å²) in [6, 6.07) is 49.6. The van der Waals surface area contributed by atoms with Crippen molar-refractivity contribution >= 4 is 110 Å². The molecule has 624 valence electrons. The molecule has 32 heteroatoms. The molecule has 3 atom stereocenters. The first-order valence-corrected chi connectivity index (χ1v) is 43.9. The fourth-order valence-electron chi connectivity index (χ4n) is 13.7. The van der Waals surface area contributed by atoms with Gasteiger partial charge in [-0.3, -0.25) is 4.79 Å². The van der Waals surface area contributed by atoms with Crippen LogP contribution in [-0.4, -0.2) is 130 Å². The number of para-hydroxylation sites is 3. The fraction of sp³-hybridized carbons (Fsp3) is 0.314. The number of carbonyl (C=O) groups excluding carboxylic acids is 2. The Bertz CT molecular complexity index is 5870. The van der Waals surface area contributed by atoms with Crippen LogP contribution in [0.3, 0.4) is 0 Å². The van der Waals surface area contributed by atoms with Gasteiger partial charge >= 0.3 is 19.8 Å². The van der Waals surface area contributed by atoms with Crippen molar-refractivity contribution in [1.82, 2.24) is 35.2 Å². The third kappa shape index (κ3) is 22.7. The minimum absolute atomic E-state index is 0.000537. The minimum atomic E-state index is -3.35. The van der Waals surface area contributed by atoms with Gasteiger partial charge in [-0.05, 0) is 183 Å². The Morgan fingerprint density at radius 2 is 0.780 bits per heavy atom. The van der Waals surface area contributed by atoms with E-state index >= 15 is 0 Å². The van der Waals surface area contributed by atoms with Crippen molar-refractivity contribution in [3.05, 3.63) is 231 Å². The van der Waals surface area contributed by atoms with Gasteiger partial charge in [-0.1, -0.05) is 140 Å². The summed E-state index contributed by atoms with van der Waals surface area (Å²) in [5, 5.41) is 10.8. The van der Waals surface area contributed by atoms with Crippen LogP contribution in [0.25, 0.3) is 66.5 Å². The highest BCUT2D eigenvalue weighted by Crippen LogP contribution is 2.44. The largest absolute Gasteiger partial charge is 0.434 e. The number of ether oxygens (including phenoxy) is 3. The molecule has 0 unspecified atom stereocenters. The van der Waals surface area contributed by atoms with Gasteiger partial charge in [-0.15, -0.1) is 0 Å². The highest BCUT2D eigenvalue weighted by Gasteiger charge is 2.33. The summed E-state index contributed by atoms with van der Waals surface area (Å²) in [6.45, 7) is -4.43. The van der Waals surface area contributed by atoms with E-state index < -0.39 is 55.3 Å². The van der Waals surface area contributed by atoms with Gasteiger partial charge in [0, 0.05) is 79.5 Å². The third-order valence-corrected chi connectivity index (χ3v) is 26.6. The lowest BCUT2D eigenvalue weighted by molar-refractivity contribution is -0.119. The molecule has 0 bridgehead atoms. The smallest absolute Gasteiger partial charge is 0.387 e. The van der Waals surface area contributed by atoms with Crippen molar-refractivity contribution in [2.24, 2.45) is 23.5 Å². The van der Waals surface area contributed by atoms with Crippen molar-refractivity contribution < 1.29 is 81.9 Å². The predicted molar refractivity (Wildman–Crippen MR) is 446 cm³/mol. The number of nitrogens with one attached hydrogen (secondary N) is 4. The van der Waals surface area contributed by atoms with Crippen LogP contribution >= 0.6 is 34.8 Å². The molecule has 3 heterocycles. The van der Waals surface area contributed by atoms with Crippen LogP contribution in [0.2, 0.25) is 15.1 Å². The molecule has 0 spiro atoms. The number of amides is 1. The van der Waals surface area contributed by atoms with E-state index in [4.69, 9.17) is 61.7 Å². The molecule has 20 nitrogen and oxygen atoms in total. The van der Waals surface area contributed by atoms with E-state index in [-0.39, 0.29) is 86.2 Å². The molecule has 3 aliphatic carbocycles. The van der Waals surface area contributed by atoms with Crippen LogP contribution in [0, 0.1) is 17.8 Å². The number of H-pyrrole nitrogens is 3. The Hall–Kier alpha value is -9.85. The summed E-state index contributed by atoms with van der Waals surface area (Å²) in [5.41, 5.74) is 14.7. The van der Waals surface area contributed by atoms with Gasteiger partial charge in [0.15, 0.2) is 29.5 Å². The number of nitrogens with zero attached hydrogens (tertiary/aromatic N) is 3. The van der Waals surface area contributed by atoms with Crippen molar-refractivity contribution in [3.8, 4) is 50.6 Å². The molecule has 3 fully saturated rings.